The molecule has 1 aromatic carbocycles. The van der Waals surface area contributed by atoms with Crippen molar-refractivity contribution < 1.29 is 14.6 Å². The van der Waals surface area contributed by atoms with Crippen LogP contribution in [0.25, 0.3) is 0 Å². The minimum atomic E-state index is 0.123. The molecule has 20 heavy (non-hydrogen) atoms. The number of likely N-dealkylation sites (tertiary alicyclic amines) is 1. The highest BCUT2D eigenvalue weighted by molar-refractivity contribution is 5.78. The Morgan fingerprint density at radius 3 is 3.15 bits per heavy atom. The summed E-state index contributed by atoms with van der Waals surface area (Å²) >= 11 is 0. The van der Waals surface area contributed by atoms with Gasteiger partial charge >= 0.3 is 0 Å². The molecule has 0 bridgehead atoms. The number of hydrogen-bond donors (Lipinski definition) is 2. The van der Waals surface area contributed by atoms with Gasteiger partial charge in [-0.15, -0.1) is 0 Å². The van der Waals surface area contributed by atoms with Crippen molar-refractivity contribution in [3.63, 3.8) is 0 Å². The van der Waals surface area contributed by atoms with Crippen LogP contribution < -0.4 is 10.1 Å². The molecule has 5 nitrogen and oxygen atoms in total. The van der Waals surface area contributed by atoms with Crippen LogP contribution in [0.2, 0.25) is 0 Å². The van der Waals surface area contributed by atoms with Crippen LogP contribution in [-0.4, -0.2) is 41.7 Å². The molecule has 0 aliphatic carbocycles. The fourth-order valence-corrected chi connectivity index (χ4v) is 2.96. The van der Waals surface area contributed by atoms with Crippen molar-refractivity contribution >= 4 is 5.91 Å². The Labute approximate surface area is 118 Å². The summed E-state index contributed by atoms with van der Waals surface area (Å²) in [4.78, 5) is 13.6. The molecule has 2 unspecified atom stereocenters. The van der Waals surface area contributed by atoms with Crippen molar-refractivity contribution in [3.8, 4) is 11.5 Å². The second-order valence-corrected chi connectivity index (χ2v) is 5.60. The maximum absolute atomic E-state index is 11.6. The van der Waals surface area contributed by atoms with Gasteiger partial charge in [0.15, 0.2) is 0 Å². The number of amides is 1. The molecule has 2 aliphatic rings. The first kappa shape index (κ1) is 13.2. The molecule has 2 aliphatic heterocycles. The number of nitrogens with zero attached hydrogens (tertiary/aromatic N) is 1. The van der Waals surface area contributed by atoms with E-state index in [0.717, 1.165) is 30.8 Å². The fourth-order valence-electron chi connectivity index (χ4n) is 2.96. The van der Waals surface area contributed by atoms with Crippen LogP contribution in [-0.2, 0) is 4.79 Å². The Kier molecular flexibility index (Phi) is 3.53. The van der Waals surface area contributed by atoms with Crippen molar-refractivity contribution in [1.82, 2.24) is 10.2 Å². The van der Waals surface area contributed by atoms with Crippen molar-refractivity contribution in [2.75, 3.05) is 19.7 Å². The van der Waals surface area contributed by atoms with Crippen molar-refractivity contribution in [2.24, 2.45) is 0 Å². The van der Waals surface area contributed by atoms with Gasteiger partial charge < -0.3 is 20.1 Å². The van der Waals surface area contributed by atoms with Gasteiger partial charge in [-0.2, -0.15) is 0 Å². The molecule has 1 fully saturated rings. The molecule has 3 rings (SSSR count). The van der Waals surface area contributed by atoms with Crippen molar-refractivity contribution in [2.45, 2.75) is 31.8 Å². The lowest BCUT2D eigenvalue weighted by Crippen LogP contribution is -2.41. The number of aromatic hydroxyl groups is 1. The van der Waals surface area contributed by atoms with E-state index in [0.29, 0.717) is 13.0 Å². The zero-order chi connectivity index (χ0) is 14.1. The van der Waals surface area contributed by atoms with E-state index in [1.807, 2.05) is 11.0 Å². The summed E-state index contributed by atoms with van der Waals surface area (Å²) in [7, 11) is 0. The predicted octanol–water partition coefficient (Wildman–Crippen LogP) is 1.43. The first-order valence-corrected chi connectivity index (χ1v) is 7.13. The van der Waals surface area contributed by atoms with E-state index >= 15 is 0 Å². The molecule has 2 atom stereocenters. The Hall–Kier alpha value is -1.75. The van der Waals surface area contributed by atoms with Crippen LogP contribution in [0.1, 0.15) is 31.4 Å². The highest BCUT2D eigenvalue weighted by atomic mass is 16.5. The van der Waals surface area contributed by atoms with E-state index in [9.17, 15) is 9.90 Å². The van der Waals surface area contributed by atoms with Gasteiger partial charge in [0.05, 0.1) is 6.04 Å². The lowest BCUT2D eigenvalue weighted by Gasteiger charge is -2.24. The van der Waals surface area contributed by atoms with E-state index in [-0.39, 0.29) is 23.7 Å². The number of nitrogens with one attached hydrogen (secondary N) is 1. The summed E-state index contributed by atoms with van der Waals surface area (Å²) < 4.78 is 5.58. The number of phenols is 1. The summed E-state index contributed by atoms with van der Waals surface area (Å²) in [5.41, 5.74) is 1.07. The third kappa shape index (κ3) is 2.58. The molecule has 0 aromatic heterocycles. The number of ether oxygens (including phenoxy) is 1. The molecule has 0 saturated carbocycles. The number of phenolic OH excluding ortho intramolecular Hbond substituents is 1. The number of carbonyl (C=O) groups excluding carboxylic acids is 1. The topological polar surface area (TPSA) is 61.8 Å². The maximum atomic E-state index is 11.6. The molecule has 5 heteroatoms. The second kappa shape index (κ2) is 5.32. The molecule has 0 radical (unpaired) electrons. The molecule has 1 saturated heterocycles. The lowest BCUT2D eigenvalue weighted by atomic mass is 10.1. The van der Waals surface area contributed by atoms with E-state index in [2.05, 4.69) is 12.2 Å². The van der Waals surface area contributed by atoms with Gasteiger partial charge in [0.1, 0.15) is 18.1 Å². The summed E-state index contributed by atoms with van der Waals surface area (Å²) in [6, 6.07) is 5.55. The van der Waals surface area contributed by atoms with Crippen molar-refractivity contribution in [3.05, 3.63) is 23.8 Å². The number of carbonyl (C=O) groups is 1. The Morgan fingerprint density at radius 1 is 1.55 bits per heavy atom. The summed E-state index contributed by atoms with van der Waals surface area (Å²) in [6.07, 6.45) is 1.65. The van der Waals surface area contributed by atoms with Crippen LogP contribution in [0.3, 0.4) is 0 Å². The van der Waals surface area contributed by atoms with E-state index in [1.54, 1.807) is 12.1 Å². The van der Waals surface area contributed by atoms with Gasteiger partial charge in [-0.3, -0.25) is 4.79 Å². The van der Waals surface area contributed by atoms with E-state index < -0.39 is 0 Å². The van der Waals surface area contributed by atoms with Gasteiger partial charge in [-0.05, 0) is 25.5 Å². The quantitative estimate of drug-likeness (QED) is 0.873. The fraction of sp³-hybridized carbons (Fsp3) is 0.533. The molecule has 1 aromatic rings. The summed E-state index contributed by atoms with van der Waals surface area (Å²) in [5, 5.41) is 12.9. The third-order valence-electron chi connectivity index (χ3n) is 3.93. The van der Waals surface area contributed by atoms with Crippen LogP contribution in [0, 0.1) is 0 Å². The van der Waals surface area contributed by atoms with Gasteiger partial charge in [0, 0.05) is 37.2 Å². The maximum Gasteiger partial charge on any atom is 0.222 e. The SMILES string of the molecule is CC(CN1CCCC1=O)NC1COc2cc(O)ccc21. The Bertz CT molecular complexity index is 518. The van der Waals surface area contributed by atoms with E-state index in [1.165, 1.54) is 0 Å². The summed E-state index contributed by atoms with van der Waals surface area (Å²) in [5.74, 6) is 1.22. The number of hydrogen-bond acceptors (Lipinski definition) is 4. The van der Waals surface area contributed by atoms with E-state index in [4.69, 9.17) is 4.74 Å². The molecule has 2 N–H and O–H groups in total. The highest BCUT2D eigenvalue weighted by Gasteiger charge is 2.27. The minimum Gasteiger partial charge on any atom is -0.508 e. The van der Waals surface area contributed by atoms with Crippen LogP contribution >= 0.6 is 0 Å². The van der Waals surface area contributed by atoms with Gasteiger partial charge in [0.2, 0.25) is 5.91 Å². The number of benzene rings is 1. The Balaban J connectivity index is 1.60. The second-order valence-electron chi connectivity index (χ2n) is 5.60. The minimum absolute atomic E-state index is 0.123. The monoisotopic (exact) mass is 276 g/mol. The standard InChI is InChI=1S/C15H20N2O3/c1-10(8-17-6-2-3-15(17)19)16-13-9-20-14-7-11(18)4-5-12(13)14/h4-5,7,10,13,16,18H,2-3,6,8-9H2,1H3. The molecule has 0 spiro atoms. The molecule has 2 heterocycles. The van der Waals surface area contributed by atoms with Gasteiger partial charge in [0.25, 0.3) is 0 Å². The average Bonchev–Trinajstić information content (AvgIpc) is 2.97. The van der Waals surface area contributed by atoms with Crippen LogP contribution in [0.5, 0.6) is 11.5 Å². The van der Waals surface area contributed by atoms with Crippen LogP contribution in [0.15, 0.2) is 18.2 Å². The van der Waals surface area contributed by atoms with Crippen LogP contribution in [0.4, 0.5) is 0 Å². The predicted molar refractivity (Wildman–Crippen MR) is 74.8 cm³/mol. The van der Waals surface area contributed by atoms with Gasteiger partial charge in [-0.1, -0.05) is 0 Å². The largest absolute Gasteiger partial charge is 0.508 e. The first-order chi connectivity index (χ1) is 9.63. The third-order valence-corrected chi connectivity index (χ3v) is 3.93. The number of rotatable bonds is 4. The molecular formula is C15H20N2O3. The normalized spacial score (nSPS) is 22.8. The average molecular weight is 276 g/mol. The molecular weight excluding hydrogens is 256 g/mol. The molecule has 1 amide bonds. The lowest BCUT2D eigenvalue weighted by molar-refractivity contribution is -0.127. The van der Waals surface area contributed by atoms with Gasteiger partial charge in [-0.25, -0.2) is 0 Å². The highest BCUT2D eigenvalue weighted by Crippen LogP contribution is 2.35. The molecule has 108 valence electrons. The summed E-state index contributed by atoms with van der Waals surface area (Å²) in [6.45, 7) is 4.26. The Morgan fingerprint density at radius 2 is 2.40 bits per heavy atom. The zero-order valence-electron chi connectivity index (χ0n) is 11.6. The number of fused-ring (bicyclic) bond motifs is 1. The smallest absolute Gasteiger partial charge is 0.222 e. The first-order valence-electron chi connectivity index (χ1n) is 7.13. The van der Waals surface area contributed by atoms with Crippen molar-refractivity contribution in [1.29, 1.82) is 0 Å². The zero-order valence-corrected chi connectivity index (χ0v) is 11.6.